The van der Waals surface area contributed by atoms with Crippen LogP contribution in [0.3, 0.4) is 0 Å². The SMILES string of the molecule is Cc1cccc(C(=O)O[Si])c1O[Si](C)(C)C. The summed E-state index contributed by atoms with van der Waals surface area (Å²) in [5.41, 5.74) is 1.40. The Balaban J connectivity index is 3.19. The van der Waals surface area contributed by atoms with Crippen LogP contribution < -0.4 is 4.43 Å². The molecule has 0 spiro atoms. The third kappa shape index (κ3) is 3.21. The summed E-state index contributed by atoms with van der Waals surface area (Å²) in [5, 5.41) is 0. The second-order valence-corrected chi connectivity index (χ2v) is 9.19. The minimum absolute atomic E-state index is 0.436. The Labute approximate surface area is 100 Å². The molecule has 0 fully saturated rings. The molecule has 16 heavy (non-hydrogen) atoms. The van der Waals surface area contributed by atoms with Crippen LogP contribution in [0.5, 0.6) is 5.75 Å². The molecule has 3 radical (unpaired) electrons. The van der Waals surface area contributed by atoms with Crippen molar-refractivity contribution in [2.75, 3.05) is 0 Å². The Hall–Kier alpha value is -1.08. The van der Waals surface area contributed by atoms with Crippen LogP contribution in [0.15, 0.2) is 18.2 Å². The molecule has 85 valence electrons. The molecule has 0 aliphatic heterocycles. The van der Waals surface area contributed by atoms with Crippen LogP contribution in [0.1, 0.15) is 15.9 Å². The van der Waals surface area contributed by atoms with Gasteiger partial charge in [-0.05, 0) is 38.2 Å². The first-order valence-corrected chi connectivity index (χ1v) is 8.83. The van der Waals surface area contributed by atoms with Crippen LogP contribution in [0, 0.1) is 6.92 Å². The standard InChI is InChI=1S/C11H15O3Si2/c1-8-6-5-7-9(11(12)13-15)10(8)14-16(2,3)4/h5-7H,1-4H3. The van der Waals surface area contributed by atoms with Gasteiger partial charge in [0.25, 0.3) is 0 Å². The highest BCUT2D eigenvalue weighted by Crippen LogP contribution is 2.26. The smallest absolute Gasteiger partial charge is 0.345 e. The second kappa shape index (κ2) is 4.84. The topological polar surface area (TPSA) is 35.5 Å². The number of carbonyl (C=O) groups excluding carboxylic acids is 1. The van der Waals surface area contributed by atoms with Crippen molar-refractivity contribution >= 4 is 24.8 Å². The fourth-order valence-corrected chi connectivity index (χ4v) is 2.30. The van der Waals surface area contributed by atoms with E-state index in [0.717, 1.165) is 5.56 Å². The fraction of sp³-hybridized carbons (Fsp3) is 0.364. The second-order valence-electron chi connectivity index (χ2n) is 4.56. The molecule has 0 amide bonds. The first-order valence-electron chi connectivity index (χ1n) is 5.01. The molecule has 0 saturated heterocycles. The van der Waals surface area contributed by atoms with E-state index in [1.807, 2.05) is 19.1 Å². The molecule has 0 heterocycles. The van der Waals surface area contributed by atoms with Crippen LogP contribution in [-0.2, 0) is 4.43 Å². The van der Waals surface area contributed by atoms with Gasteiger partial charge < -0.3 is 8.85 Å². The van der Waals surface area contributed by atoms with E-state index in [4.69, 9.17) is 4.43 Å². The Morgan fingerprint density at radius 3 is 2.44 bits per heavy atom. The molecule has 0 atom stereocenters. The molecule has 0 unspecified atom stereocenters. The quantitative estimate of drug-likeness (QED) is 0.774. The van der Waals surface area contributed by atoms with Gasteiger partial charge in [-0.15, -0.1) is 0 Å². The van der Waals surface area contributed by atoms with E-state index in [1.54, 1.807) is 6.07 Å². The molecule has 1 aromatic rings. The van der Waals surface area contributed by atoms with Gasteiger partial charge in [0.2, 0.25) is 8.32 Å². The number of hydrogen-bond donors (Lipinski definition) is 0. The van der Waals surface area contributed by atoms with Crippen LogP contribution in [-0.4, -0.2) is 24.8 Å². The Bertz CT molecular complexity index is 397. The summed E-state index contributed by atoms with van der Waals surface area (Å²) in [6.07, 6.45) is 0. The summed E-state index contributed by atoms with van der Waals surface area (Å²) in [6, 6.07) is 5.43. The Kier molecular flexibility index (Phi) is 3.93. The van der Waals surface area contributed by atoms with Crippen molar-refractivity contribution in [1.29, 1.82) is 0 Å². The maximum absolute atomic E-state index is 11.5. The van der Waals surface area contributed by atoms with Crippen molar-refractivity contribution in [2.45, 2.75) is 26.6 Å². The van der Waals surface area contributed by atoms with Crippen LogP contribution in [0.2, 0.25) is 19.6 Å². The van der Waals surface area contributed by atoms with E-state index in [2.05, 4.69) is 34.6 Å². The van der Waals surface area contributed by atoms with Gasteiger partial charge in [0, 0.05) is 0 Å². The lowest BCUT2D eigenvalue weighted by atomic mass is 10.1. The van der Waals surface area contributed by atoms with Gasteiger partial charge in [0.15, 0.2) is 0 Å². The van der Waals surface area contributed by atoms with E-state index in [9.17, 15) is 4.79 Å². The Morgan fingerprint density at radius 1 is 1.31 bits per heavy atom. The number of para-hydroxylation sites is 1. The molecule has 0 saturated carbocycles. The van der Waals surface area contributed by atoms with Gasteiger partial charge in [0.05, 0.1) is 5.56 Å². The minimum Gasteiger partial charge on any atom is -0.544 e. The highest BCUT2D eigenvalue weighted by atomic mass is 28.4. The molecular formula is C11H15O3Si2. The van der Waals surface area contributed by atoms with E-state index < -0.39 is 14.3 Å². The van der Waals surface area contributed by atoms with E-state index in [1.165, 1.54) is 0 Å². The third-order valence-corrected chi connectivity index (χ3v) is 2.93. The van der Waals surface area contributed by atoms with Gasteiger partial charge in [-0.3, -0.25) is 0 Å². The first-order chi connectivity index (χ1) is 7.35. The fourth-order valence-electron chi connectivity index (χ4n) is 1.31. The molecule has 0 aromatic heterocycles. The Morgan fingerprint density at radius 2 is 1.94 bits per heavy atom. The van der Waals surface area contributed by atoms with Crippen LogP contribution >= 0.6 is 0 Å². The van der Waals surface area contributed by atoms with Crippen molar-refractivity contribution in [1.82, 2.24) is 0 Å². The number of rotatable bonds is 3. The van der Waals surface area contributed by atoms with Crippen molar-refractivity contribution in [3.8, 4) is 5.75 Å². The maximum Gasteiger partial charge on any atom is 0.345 e. The minimum atomic E-state index is -1.74. The summed E-state index contributed by atoms with van der Waals surface area (Å²) in [7, 11) is 1.00. The normalized spacial score (nSPS) is 11.1. The van der Waals surface area contributed by atoms with E-state index >= 15 is 0 Å². The zero-order valence-corrected chi connectivity index (χ0v) is 12.0. The number of carbonyl (C=O) groups is 1. The average molecular weight is 251 g/mol. The van der Waals surface area contributed by atoms with Crippen molar-refractivity contribution < 1.29 is 13.6 Å². The molecule has 0 bridgehead atoms. The zero-order valence-electron chi connectivity index (χ0n) is 9.96. The molecular weight excluding hydrogens is 236 g/mol. The van der Waals surface area contributed by atoms with Crippen LogP contribution in [0.4, 0.5) is 0 Å². The number of aryl methyl sites for hydroxylation is 1. The molecule has 5 heteroatoms. The zero-order chi connectivity index (χ0) is 12.3. The maximum atomic E-state index is 11.5. The van der Waals surface area contributed by atoms with Gasteiger partial charge in [-0.2, -0.15) is 0 Å². The summed E-state index contributed by atoms with van der Waals surface area (Å²) in [6.45, 7) is 8.13. The van der Waals surface area contributed by atoms with E-state index in [-0.39, 0.29) is 0 Å². The number of benzene rings is 1. The highest BCUT2D eigenvalue weighted by Gasteiger charge is 2.22. The predicted octanol–water partition coefficient (Wildman–Crippen LogP) is 2.45. The monoisotopic (exact) mass is 251 g/mol. The predicted molar refractivity (Wildman–Crippen MR) is 66.3 cm³/mol. The summed E-state index contributed by atoms with van der Waals surface area (Å²) < 4.78 is 10.5. The molecule has 3 nitrogen and oxygen atoms in total. The van der Waals surface area contributed by atoms with Gasteiger partial charge in [-0.1, -0.05) is 12.1 Å². The largest absolute Gasteiger partial charge is 0.544 e. The van der Waals surface area contributed by atoms with Crippen molar-refractivity contribution in [3.63, 3.8) is 0 Å². The molecule has 0 N–H and O–H groups in total. The van der Waals surface area contributed by atoms with Crippen molar-refractivity contribution in [2.24, 2.45) is 0 Å². The molecule has 1 aromatic carbocycles. The first kappa shape index (κ1) is 13.0. The van der Waals surface area contributed by atoms with Crippen molar-refractivity contribution in [3.05, 3.63) is 29.3 Å². The lowest BCUT2D eigenvalue weighted by Gasteiger charge is -2.22. The van der Waals surface area contributed by atoms with Gasteiger partial charge in [0.1, 0.15) is 5.75 Å². The highest BCUT2D eigenvalue weighted by molar-refractivity contribution is 6.70. The molecule has 0 aliphatic carbocycles. The average Bonchev–Trinajstić information content (AvgIpc) is 2.18. The third-order valence-electron chi connectivity index (χ3n) is 1.93. The lowest BCUT2D eigenvalue weighted by Crippen LogP contribution is -2.30. The van der Waals surface area contributed by atoms with Crippen LogP contribution in [0.25, 0.3) is 0 Å². The summed E-state index contributed by atoms with van der Waals surface area (Å²) in [5.74, 6) is 0.193. The molecule has 0 aliphatic rings. The summed E-state index contributed by atoms with van der Waals surface area (Å²) in [4.78, 5) is 11.5. The van der Waals surface area contributed by atoms with Gasteiger partial charge >= 0.3 is 16.5 Å². The lowest BCUT2D eigenvalue weighted by molar-refractivity contribution is 0.0747. The van der Waals surface area contributed by atoms with Gasteiger partial charge in [-0.25, -0.2) is 4.79 Å². The number of hydrogen-bond acceptors (Lipinski definition) is 3. The molecule has 1 rings (SSSR count). The summed E-state index contributed by atoms with van der Waals surface area (Å²) >= 11 is 0. The van der Waals surface area contributed by atoms with E-state index in [0.29, 0.717) is 11.3 Å².